The predicted octanol–water partition coefficient (Wildman–Crippen LogP) is 4.61. The number of hydrogen-bond donors (Lipinski definition) is 1. The Hall–Kier alpha value is -1.11. The van der Waals surface area contributed by atoms with Gasteiger partial charge in [0.15, 0.2) is 0 Å². The smallest absolute Gasteiger partial charge is 0.320 e. The molecule has 0 aliphatic heterocycles. The fourth-order valence-electron chi connectivity index (χ4n) is 1.70. The van der Waals surface area contributed by atoms with E-state index in [0.29, 0.717) is 15.3 Å². The summed E-state index contributed by atoms with van der Waals surface area (Å²) in [5.74, 6) is -0.763. The average molecular weight is 310 g/mol. The summed E-state index contributed by atoms with van der Waals surface area (Å²) in [6.45, 7) is 0. The average Bonchev–Trinajstić information content (AvgIpc) is 2.73. The van der Waals surface area contributed by atoms with Crippen LogP contribution in [-0.2, 0) is 6.18 Å². The Kier molecular flexibility index (Phi) is 3.85. The van der Waals surface area contributed by atoms with E-state index in [2.05, 4.69) is 0 Å². The summed E-state index contributed by atoms with van der Waals surface area (Å²) in [6, 6.07) is 4.27. The number of hydrogen-bond acceptors (Lipinski definition) is 2. The second-order valence-corrected chi connectivity index (χ2v) is 5.60. The zero-order valence-electron chi connectivity index (χ0n) is 9.34. The normalized spacial score (nSPS) is 13.6. The molecule has 1 atom stereocenters. The van der Waals surface area contributed by atoms with Crippen molar-refractivity contribution in [2.75, 3.05) is 0 Å². The van der Waals surface area contributed by atoms with Crippen molar-refractivity contribution in [3.05, 3.63) is 56.5 Å². The molecular weight excluding hydrogens is 302 g/mol. The maximum Gasteiger partial charge on any atom is 0.416 e. The van der Waals surface area contributed by atoms with Gasteiger partial charge in [-0.05, 0) is 35.9 Å². The molecule has 2 N–H and O–H groups in total. The Bertz CT molecular complexity index is 594. The van der Waals surface area contributed by atoms with Gasteiger partial charge in [0.1, 0.15) is 5.82 Å². The van der Waals surface area contributed by atoms with Crippen molar-refractivity contribution in [1.82, 2.24) is 0 Å². The van der Waals surface area contributed by atoms with E-state index in [4.69, 9.17) is 17.3 Å². The minimum absolute atomic E-state index is 0.300. The summed E-state index contributed by atoms with van der Waals surface area (Å²) >= 11 is 6.79. The number of thiophene rings is 1. The van der Waals surface area contributed by atoms with Crippen molar-refractivity contribution < 1.29 is 17.6 Å². The van der Waals surface area contributed by atoms with Crippen LogP contribution in [0.2, 0.25) is 4.34 Å². The first-order valence-electron chi connectivity index (χ1n) is 5.16. The quantitative estimate of drug-likeness (QED) is 0.806. The van der Waals surface area contributed by atoms with E-state index >= 15 is 0 Å². The fourth-order valence-corrected chi connectivity index (χ4v) is 2.78. The minimum atomic E-state index is -4.58. The van der Waals surface area contributed by atoms with Gasteiger partial charge in [-0.15, -0.1) is 11.3 Å². The number of halogens is 5. The topological polar surface area (TPSA) is 26.0 Å². The van der Waals surface area contributed by atoms with Crippen molar-refractivity contribution in [2.45, 2.75) is 12.2 Å². The lowest BCUT2D eigenvalue weighted by atomic mass is 9.99. The van der Waals surface area contributed by atoms with Crippen LogP contribution < -0.4 is 5.73 Å². The van der Waals surface area contributed by atoms with Gasteiger partial charge in [-0.3, -0.25) is 0 Å². The Morgan fingerprint density at radius 1 is 1.16 bits per heavy atom. The largest absolute Gasteiger partial charge is 0.416 e. The second kappa shape index (κ2) is 5.11. The maximum absolute atomic E-state index is 13.2. The van der Waals surface area contributed by atoms with Crippen LogP contribution in [0.5, 0.6) is 0 Å². The third kappa shape index (κ3) is 3.08. The molecule has 2 aromatic rings. The van der Waals surface area contributed by atoms with Crippen LogP contribution in [0.1, 0.15) is 22.0 Å². The van der Waals surface area contributed by atoms with Crippen LogP contribution in [0.3, 0.4) is 0 Å². The van der Waals surface area contributed by atoms with Crippen LogP contribution in [0.15, 0.2) is 30.3 Å². The molecule has 0 aliphatic carbocycles. The van der Waals surface area contributed by atoms with Gasteiger partial charge >= 0.3 is 6.18 Å². The monoisotopic (exact) mass is 309 g/mol. The zero-order chi connectivity index (χ0) is 14.2. The standard InChI is InChI=1S/C12H8ClF4NS/c13-10-4-3-9(19-10)11(18)7-5-6(14)1-2-8(7)12(15,16)17/h1-5,11H,18H2. The number of rotatable bonds is 2. The van der Waals surface area contributed by atoms with E-state index in [1.54, 1.807) is 0 Å². The van der Waals surface area contributed by atoms with Crippen molar-refractivity contribution in [1.29, 1.82) is 0 Å². The van der Waals surface area contributed by atoms with E-state index in [1.807, 2.05) is 0 Å². The van der Waals surface area contributed by atoms with E-state index in [9.17, 15) is 17.6 Å². The van der Waals surface area contributed by atoms with E-state index in [1.165, 1.54) is 12.1 Å². The molecule has 0 amide bonds. The highest BCUT2D eigenvalue weighted by atomic mass is 35.5. The molecule has 2 rings (SSSR count). The predicted molar refractivity (Wildman–Crippen MR) is 66.8 cm³/mol. The molecule has 7 heteroatoms. The Balaban J connectivity index is 2.51. The lowest BCUT2D eigenvalue weighted by Gasteiger charge is -2.17. The van der Waals surface area contributed by atoms with Gasteiger partial charge in [0, 0.05) is 4.88 Å². The van der Waals surface area contributed by atoms with Gasteiger partial charge < -0.3 is 5.73 Å². The molecule has 0 saturated heterocycles. The Labute approximate surface area is 115 Å². The first-order chi connectivity index (χ1) is 8.79. The van der Waals surface area contributed by atoms with Gasteiger partial charge in [0.2, 0.25) is 0 Å². The summed E-state index contributed by atoms with van der Waals surface area (Å²) in [7, 11) is 0. The second-order valence-electron chi connectivity index (χ2n) is 3.85. The van der Waals surface area contributed by atoms with Crippen molar-refractivity contribution in [2.24, 2.45) is 5.73 Å². The van der Waals surface area contributed by atoms with Gasteiger partial charge in [0.05, 0.1) is 15.9 Å². The van der Waals surface area contributed by atoms with Gasteiger partial charge in [-0.25, -0.2) is 4.39 Å². The molecule has 1 heterocycles. The molecular formula is C12H8ClF4NS. The highest BCUT2D eigenvalue weighted by Gasteiger charge is 2.35. The molecule has 0 fully saturated rings. The van der Waals surface area contributed by atoms with Crippen LogP contribution >= 0.6 is 22.9 Å². The summed E-state index contributed by atoms with van der Waals surface area (Å²) in [5.41, 5.74) is 4.54. The molecule has 0 bridgehead atoms. The molecule has 0 radical (unpaired) electrons. The highest BCUT2D eigenvalue weighted by molar-refractivity contribution is 7.16. The SMILES string of the molecule is NC(c1ccc(Cl)s1)c1cc(F)ccc1C(F)(F)F. The van der Waals surface area contributed by atoms with E-state index < -0.39 is 23.6 Å². The maximum atomic E-state index is 13.2. The first-order valence-corrected chi connectivity index (χ1v) is 6.36. The van der Waals surface area contributed by atoms with E-state index in [-0.39, 0.29) is 5.56 Å². The first kappa shape index (κ1) is 14.3. The molecule has 19 heavy (non-hydrogen) atoms. The van der Waals surface area contributed by atoms with Crippen LogP contribution in [0.25, 0.3) is 0 Å². The lowest BCUT2D eigenvalue weighted by Crippen LogP contribution is -2.18. The summed E-state index contributed by atoms with van der Waals surface area (Å²) in [6.07, 6.45) is -4.58. The summed E-state index contributed by atoms with van der Waals surface area (Å²) in [4.78, 5) is 0.445. The van der Waals surface area contributed by atoms with E-state index in [0.717, 1.165) is 23.5 Å². The third-order valence-electron chi connectivity index (χ3n) is 2.55. The molecule has 0 aliphatic rings. The van der Waals surface area contributed by atoms with Crippen LogP contribution in [0, 0.1) is 5.82 Å². The molecule has 1 nitrogen and oxygen atoms in total. The zero-order valence-corrected chi connectivity index (χ0v) is 10.9. The van der Waals surface area contributed by atoms with Gasteiger partial charge in [-0.2, -0.15) is 13.2 Å². The molecule has 102 valence electrons. The molecule has 0 spiro atoms. The number of alkyl halides is 3. The molecule has 1 unspecified atom stereocenters. The van der Waals surface area contributed by atoms with Crippen molar-refractivity contribution in [3.8, 4) is 0 Å². The van der Waals surface area contributed by atoms with Crippen LogP contribution in [-0.4, -0.2) is 0 Å². The van der Waals surface area contributed by atoms with Gasteiger partial charge in [-0.1, -0.05) is 11.6 Å². The third-order valence-corrected chi connectivity index (χ3v) is 3.87. The highest BCUT2D eigenvalue weighted by Crippen LogP contribution is 2.38. The lowest BCUT2D eigenvalue weighted by molar-refractivity contribution is -0.138. The fraction of sp³-hybridized carbons (Fsp3) is 0.167. The number of benzene rings is 1. The summed E-state index contributed by atoms with van der Waals surface area (Å²) in [5, 5.41) is 0. The van der Waals surface area contributed by atoms with Crippen molar-refractivity contribution in [3.63, 3.8) is 0 Å². The molecule has 1 aromatic carbocycles. The molecule has 1 aromatic heterocycles. The summed E-state index contributed by atoms with van der Waals surface area (Å²) < 4.78 is 52.2. The minimum Gasteiger partial charge on any atom is -0.320 e. The Morgan fingerprint density at radius 2 is 1.84 bits per heavy atom. The van der Waals surface area contributed by atoms with Crippen LogP contribution in [0.4, 0.5) is 17.6 Å². The number of nitrogens with two attached hydrogens (primary N) is 1. The molecule has 0 saturated carbocycles. The van der Waals surface area contributed by atoms with Crippen molar-refractivity contribution >= 4 is 22.9 Å². The van der Waals surface area contributed by atoms with Gasteiger partial charge in [0.25, 0.3) is 0 Å². The Morgan fingerprint density at radius 3 is 2.37 bits per heavy atom.